The molecular formula is C31H32O12. The molecule has 0 radical (unpaired) electrons. The summed E-state index contributed by atoms with van der Waals surface area (Å²) in [6, 6.07) is 2.76. The highest BCUT2D eigenvalue weighted by atomic mass is 16.7. The molecular weight excluding hydrogens is 564 g/mol. The molecule has 0 bridgehead atoms. The van der Waals surface area contributed by atoms with Crippen molar-refractivity contribution in [2.75, 3.05) is 0 Å². The number of phenols is 1. The van der Waals surface area contributed by atoms with Crippen molar-refractivity contribution in [3.8, 4) is 5.75 Å². The molecule has 4 fully saturated rings. The molecule has 4 N–H and O–H groups in total. The second-order valence-corrected chi connectivity index (χ2v) is 12.8. The molecule has 12 heteroatoms. The van der Waals surface area contributed by atoms with Gasteiger partial charge in [0.2, 0.25) is 0 Å². The van der Waals surface area contributed by atoms with Crippen LogP contribution in [0, 0.1) is 0 Å². The van der Waals surface area contributed by atoms with Gasteiger partial charge in [-0.05, 0) is 32.9 Å². The van der Waals surface area contributed by atoms with Gasteiger partial charge in [-0.3, -0.25) is 19.2 Å². The van der Waals surface area contributed by atoms with Crippen LogP contribution < -0.4 is 0 Å². The number of allylic oxidation sites excluding steroid dienone is 2. The quantitative estimate of drug-likeness (QED) is 0.360. The third-order valence-electron chi connectivity index (χ3n) is 9.67. The van der Waals surface area contributed by atoms with Crippen LogP contribution in [-0.4, -0.2) is 97.2 Å². The summed E-state index contributed by atoms with van der Waals surface area (Å²) in [5.41, 5.74) is -7.95. The fraction of sp³-hybridized carbons (Fsp3) is 0.548. The second-order valence-electron chi connectivity index (χ2n) is 12.8. The zero-order chi connectivity index (χ0) is 30.8. The third kappa shape index (κ3) is 3.94. The Morgan fingerprint density at radius 1 is 0.930 bits per heavy atom. The molecule has 1 aromatic carbocycles. The SMILES string of the molecule is C[C@@H]1O[C@H]2O[C@H]3[C@@H](C)O[C@@H](c4ccc5c(c4O)C(=O)C4=C(C5=O)[C@@]5(O)C(=O)C[C@](C)(O)C[C@@]5(O)C=C4)C[C@H]3O[C@H]2CC1=O. The smallest absolute Gasteiger partial charge is 0.198 e. The number of aliphatic hydroxyl groups is 3. The number of carbonyl (C=O) groups is 4. The topological polar surface area (TPSA) is 186 Å². The maximum absolute atomic E-state index is 13.8. The van der Waals surface area contributed by atoms with E-state index in [1.807, 2.05) is 0 Å². The molecule has 3 saturated heterocycles. The molecule has 0 spiro atoms. The minimum atomic E-state index is -2.76. The van der Waals surface area contributed by atoms with Crippen molar-refractivity contribution >= 4 is 23.1 Å². The van der Waals surface area contributed by atoms with Crippen molar-refractivity contribution in [1.29, 1.82) is 0 Å². The first kappa shape index (κ1) is 28.7. The van der Waals surface area contributed by atoms with Crippen LogP contribution in [0.25, 0.3) is 0 Å². The minimum Gasteiger partial charge on any atom is -0.507 e. The number of hydrogen-bond donors (Lipinski definition) is 4. The van der Waals surface area contributed by atoms with E-state index in [9.17, 15) is 39.6 Å². The van der Waals surface area contributed by atoms with Crippen molar-refractivity contribution < 1.29 is 58.6 Å². The highest BCUT2D eigenvalue weighted by Crippen LogP contribution is 2.52. The zero-order valence-electron chi connectivity index (χ0n) is 23.7. The average Bonchev–Trinajstić information content (AvgIpc) is 2.92. The van der Waals surface area contributed by atoms with Crippen LogP contribution in [0.5, 0.6) is 5.75 Å². The summed E-state index contributed by atoms with van der Waals surface area (Å²) in [5, 5.41) is 44.9. The molecule has 3 heterocycles. The normalized spacial score (nSPS) is 43.9. The van der Waals surface area contributed by atoms with Gasteiger partial charge in [0.15, 0.2) is 35.0 Å². The number of ketones is 4. The van der Waals surface area contributed by atoms with Crippen LogP contribution in [0.3, 0.4) is 0 Å². The molecule has 12 nitrogen and oxygen atoms in total. The molecule has 6 aliphatic rings. The van der Waals surface area contributed by atoms with Crippen molar-refractivity contribution in [2.45, 2.75) is 106 Å². The Morgan fingerprint density at radius 3 is 2.42 bits per heavy atom. The lowest BCUT2D eigenvalue weighted by molar-refractivity contribution is -0.347. The lowest BCUT2D eigenvalue weighted by Crippen LogP contribution is -2.69. The number of ether oxygens (including phenoxy) is 4. The van der Waals surface area contributed by atoms with Crippen LogP contribution in [0.1, 0.15) is 78.8 Å². The van der Waals surface area contributed by atoms with Crippen LogP contribution in [0.15, 0.2) is 35.4 Å². The van der Waals surface area contributed by atoms with Crippen LogP contribution in [0.4, 0.5) is 0 Å². The predicted molar refractivity (Wildman–Crippen MR) is 143 cm³/mol. The number of phenolic OH excluding ortho intramolecular Hbond substituents is 1. The molecule has 43 heavy (non-hydrogen) atoms. The van der Waals surface area contributed by atoms with Crippen molar-refractivity contribution in [3.63, 3.8) is 0 Å². The lowest BCUT2D eigenvalue weighted by Gasteiger charge is -2.51. The highest BCUT2D eigenvalue weighted by molar-refractivity contribution is 6.32. The largest absolute Gasteiger partial charge is 0.507 e. The maximum atomic E-state index is 13.8. The first-order valence-corrected chi connectivity index (χ1v) is 14.4. The Hall–Kier alpha value is -3.10. The van der Waals surface area contributed by atoms with E-state index < -0.39 is 101 Å². The van der Waals surface area contributed by atoms with Gasteiger partial charge in [0.05, 0.1) is 35.0 Å². The number of carbonyl (C=O) groups excluding carboxylic acids is 4. The van der Waals surface area contributed by atoms with E-state index in [2.05, 4.69) is 0 Å². The molecule has 7 rings (SSSR count). The van der Waals surface area contributed by atoms with E-state index in [0.717, 1.165) is 12.2 Å². The van der Waals surface area contributed by atoms with Gasteiger partial charge in [-0.25, -0.2) is 0 Å². The van der Waals surface area contributed by atoms with Gasteiger partial charge in [-0.2, -0.15) is 0 Å². The molecule has 0 amide bonds. The Labute approximate surface area is 245 Å². The predicted octanol–water partition coefficient (Wildman–Crippen LogP) is 0.920. The lowest BCUT2D eigenvalue weighted by atomic mass is 9.57. The monoisotopic (exact) mass is 596 g/mol. The number of Topliss-reactive ketones (excluding diaryl/α,β-unsaturated/α-hetero) is 4. The summed E-state index contributed by atoms with van der Waals surface area (Å²) in [4.78, 5) is 53.0. The van der Waals surface area contributed by atoms with Gasteiger partial charge in [0.25, 0.3) is 0 Å². The van der Waals surface area contributed by atoms with E-state index >= 15 is 0 Å². The van der Waals surface area contributed by atoms with Crippen LogP contribution >= 0.6 is 0 Å². The fourth-order valence-corrected chi connectivity index (χ4v) is 7.56. The summed E-state index contributed by atoms with van der Waals surface area (Å²) in [5.74, 6) is -3.28. The summed E-state index contributed by atoms with van der Waals surface area (Å²) >= 11 is 0. The molecule has 10 atom stereocenters. The van der Waals surface area contributed by atoms with E-state index in [1.165, 1.54) is 19.1 Å². The van der Waals surface area contributed by atoms with Crippen LogP contribution in [0.2, 0.25) is 0 Å². The van der Waals surface area contributed by atoms with Gasteiger partial charge in [0.1, 0.15) is 29.7 Å². The summed E-state index contributed by atoms with van der Waals surface area (Å²) in [6.07, 6.45) is -2.64. The third-order valence-corrected chi connectivity index (χ3v) is 9.67. The van der Waals surface area contributed by atoms with Crippen molar-refractivity contribution in [1.82, 2.24) is 0 Å². The van der Waals surface area contributed by atoms with E-state index in [4.69, 9.17) is 18.9 Å². The van der Waals surface area contributed by atoms with Gasteiger partial charge in [-0.15, -0.1) is 0 Å². The number of rotatable bonds is 1. The molecule has 1 aromatic rings. The number of fused-ring (bicyclic) bond motifs is 5. The summed E-state index contributed by atoms with van der Waals surface area (Å²) < 4.78 is 24.2. The van der Waals surface area contributed by atoms with Crippen molar-refractivity contribution in [3.05, 3.63) is 52.1 Å². The van der Waals surface area contributed by atoms with Gasteiger partial charge < -0.3 is 39.4 Å². The van der Waals surface area contributed by atoms with Crippen LogP contribution in [-0.2, 0) is 28.5 Å². The second kappa shape index (κ2) is 9.21. The zero-order valence-corrected chi connectivity index (χ0v) is 23.7. The Bertz CT molecular complexity index is 1560. The van der Waals surface area contributed by atoms with Gasteiger partial charge >= 0.3 is 0 Å². The Kier molecular flexibility index (Phi) is 6.14. The maximum Gasteiger partial charge on any atom is 0.198 e. The van der Waals surface area contributed by atoms with Gasteiger partial charge in [-0.1, -0.05) is 12.1 Å². The number of hydrogen-bond acceptors (Lipinski definition) is 12. The number of aromatic hydroxyl groups is 1. The summed E-state index contributed by atoms with van der Waals surface area (Å²) in [6.45, 7) is 4.78. The number of benzene rings is 1. The van der Waals surface area contributed by atoms with Crippen molar-refractivity contribution in [2.24, 2.45) is 0 Å². The molecule has 228 valence electrons. The first-order chi connectivity index (χ1) is 20.1. The summed E-state index contributed by atoms with van der Waals surface area (Å²) in [7, 11) is 0. The van der Waals surface area contributed by atoms with E-state index in [1.54, 1.807) is 13.8 Å². The molecule has 3 aliphatic carbocycles. The fourth-order valence-electron chi connectivity index (χ4n) is 7.56. The van der Waals surface area contributed by atoms with E-state index in [0.29, 0.717) is 0 Å². The molecule has 0 aromatic heterocycles. The highest BCUT2D eigenvalue weighted by Gasteiger charge is 2.66. The molecule has 0 unspecified atom stereocenters. The standard InChI is InChI=1S/C31H32O12/c1-12-17(32)8-20-28(41-12)43-27-13(2)40-18(9-19(27)42-20)14-4-5-15-22(24(14)34)25(35)16-6-7-30(38)11-29(3,37)10-21(33)31(30,39)23(16)26(15)36/h4-7,12-13,18-20,27-28,34,37-39H,8-11H2,1-3H3/t12-,13+,18+,19+,20-,27-,28-,29-,30-,31-/m0/s1. The minimum absolute atomic E-state index is 0.0932. The Morgan fingerprint density at radius 2 is 1.67 bits per heavy atom. The average molecular weight is 597 g/mol. The first-order valence-electron chi connectivity index (χ1n) is 14.4. The van der Waals surface area contributed by atoms with E-state index in [-0.39, 0.29) is 40.9 Å². The molecule has 3 aliphatic heterocycles. The Balaban J connectivity index is 1.21. The molecule has 1 saturated carbocycles. The van der Waals surface area contributed by atoms with Gasteiger partial charge in [0, 0.05) is 42.4 Å².